The molecule has 0 heterocycles. The van der Waals surface area contributed by atoms with E-state index in [-0.39, 0.29) is 0 Å². The fourth-order valence-corrected chi connectivity index (χ4v) is 2.60. The molecule has 1 saturated carbocycles. The molecule has 0 bridgehead atoms. The molecule has 3 nitrogen and oxygen atoms in total. The van der Waals surface area contributed by atoms with E-state index in [1.54, 1.807) is 12.1 Å². The van der Waals surface area contributed by atoms with Gasteiger partial charge in [0.15, 0.2) is 0 Å². The minimum absolute atomic E-state index is 0.582. The van der Waals surface area contributed by atoms with Crippen molar-refractivity contribution in [1.82, 2.24) is 0 Å². The third kappa shape index (κ3) is 1.95. The van der Waals surface area contributed by atoms with Crippen LogP contribution in [0.1, 0.15) is 37.2 Å². The molecule has 0 aromatic heterocycles. The second-order valence-corrected chi connectivity index (χ2v) is 4.49. The Kier molecular flexibility index (Phi) is 2.97. The van der Waals surface area contributed by atoms with Crippen LogP contribution >= 0.6 is 0 Å². The zero-order valence-electron chi connectivity index (χ0n) is 9.10. The second kappa shape index (κ2) is 4.26. The van der Waals surface area contributed by atoms with Gasteiger partial charge in [0.05, 0.1) is 5.60 Å². The number of benzene rings is 1. The van der Waals surface area contributed by atoms with Crippen LogP contribution in [0.15, 0.2) is 30.3 Å². The van der Waals surface area contributed by atoms with Crippen molar-refractivity contribution >= 4 is 5.97 Å². The van der Waals surface area contributed by atoms with E-state index >= 15 is 0 Å². The largest absolute Gasteiger partial charge is 0.481 e. The number of rotatable bonds is 3. The molecule has 16 heavy (non-hydrogen) atoms. The van der Waals surface area contributed by atoms with Crippen LogP contribution in [0.25, 0.3) is 0 Å². The highest BCUT2D eigenvalue weighted by Gasteiger charge is 2.44. The lowest BCUT2D eigenvalue weighted by Gasteiger charge is -2.29. The molecule has 1 aromatic rings. The van der Waals surface area contributed by atoms with Crippen LogP contribution in [0.5, 0.6) is 0 Å². The van der Waals surface area contributed by atoms with E-state index in [1.165, 1.54) is 0 Å². The molecular weight excluding hydrogens is 204 g/mol. The lowest BCUT2D eigenvalue weighted by Crippen LogP contribution is -2.37. The third-order valence-electron chi connectivity index (χ3n) is 3.39. The van der Waals surface area contributed by atoms with E-state index in [2.05, 4.69) is 0 Å². The van der Waals surface area contributed by atoms with Crippen LogP contribution < -0.4 is 0 Å². The average molecular weight is 220 g/mol. The highest BCUT2D eigenvalue weighted by molar-refractivity contribution is 5.77. The van der Waals surface area contributed by atoms with Crippen molar-refractivity contribution < 1.29 is 15.0 Å². The summed E-state index contributed by atoms with van der Waals surface area (Å²) >= 11 is 0. The molecule has 86 valence electrons. The van der Waals surface area contributed by atoms with E-state index in [1.807, 2.05) is 18.2 Å². The summed E-state index contributed by atoms with van der Waals surface area (Å²) in [7, 11) is 0. The topological polar surface area (TPSA) is 57.5 Å². The van der Waals surface area contributed by atoms with Crippen LogP contribution in [0.4, 0.5) is 0 Å². The summed E-state index contributed by atoms with van der Waals surface area (Å²) in [5, 5.41) is 19.7. The first-order valence-electron chi connectivity index (χ1n) is 5.64. The Hall–Kier alpha value is -1.35. The predicted molar refractivity (Wildman–Crippen MR) is 60.2 cm³/mol. The third-order valence-corrected chi connectivity index (χ3v) is 3.39. The maximum atomic E-state index is 11.3. The fourth-order valence-electron chi connectivity index (χ4n) is 2.60. The molecule has 0 spiro atoms. The van der Waals surface area contributed by atoms with Crippen molar-refractivity contribution in [3.8, 4) is 0 Å². The molecule has 1 aliphatic carbocycles. The molecule has 1 fully saturated rings. The maximum absolute atomic E-state index is 11.3. The molecule has 0 amide bonds. The van der Waals surface area contributed by atoms with Gasteiger partial charge in [-0.15, -0.1) is 0 Å². The van der Waals surface area contributed by atoms with Crippen molar-refractivity contribution in [3.05, 3.63) is 35.9 Å². The van der Waals surface area contributed by atoms with E-state index in [0.717, 1.165) is 12.8 Å². The summed E-state index contributed by atoms with van der Waals surface area (Å²) in [6, 6.07) is 9.01. The number of carbonyl (C=O) groups is 1. The highest BCUT2D eigenvalue weighted by Crippen LogP contribution is 2.41. The summed E-state index contributed by atoms with van der Waals surface area (Å²) in [6.45, 7) is 0. The molecule has 1 atom stereocenters. The Morgan fingerprint density at radius 2 is 1.75 bits per heavy atom. The number of aliphatic hydroxyl groups is 1. The maximum Gasteiger partial charge on any atom is 0.313 e. The van der Waals surface area contributed by atoms with Crippen LogP contribution in [0, 0.1) is 0 Å². The Balaban J connectivity index is 2.34. The van der Waals surface area contributed by atoms with Gasteiger partial charge in [0.1, 0.15) is 5.92 Å². The van der Waals surface area contributed by atoms with Gasteiger partial charge in [0, 0.05) is 0 Å². The van der Waals surface area contributed by atoms with Gasteiger partial charge < -0.3 is 10.2 Å². The smallest absolute Gasteiger partial charge is 0.313 e. The van der Waals surface area contributed by atoms with E-state index in [9.17, 15) is 15.0 Å². The van der Waals surface area contributed by atoms with Gasteiger partial charge in [-0.2, -0.15) is 0 Å². The summed E-state index contributed by atoms with van der Waals surface area (Å²) in [5.74, 6) is -1.73. The van der Waals surface area contributed by atoms with Gasteiger partial charge in [-0.05, 0) is 18.4 Å². The summed E-state index contributed by atoms with van der Waals surface area (Å²) < 4.78 is 0. The van der Waals surface area contributed by atoms with Gasteiger partial charge >= 0.3 is 5.97 Å². The highest BCUT2D eigenvalue weighted by atomic mass is 16.4. The normalized spacial score (nSPS) is 20.6. The zero-order valence-corrected chi connectivity index (χ0v) is 9.10. The molecule has 0 saturated heterocycles. The van der Waals surface area contributed by atoms with Gasteiger partial charge in [0.25, 0.3) is 0 Å². The Labute approximate surface area is 94.7 Å². The second-order valence-electron chi connectivity index (χ2n) is 4.49. The quantitative estimate of drug-likeness (QED) is 0.820. The van der Waals surface area contributed by atoms with Gasteiger partial charge in [-0.25, -0.2) is 0 Å². The van der Waals surface area contributed by atoms with E-state index in [0.29, 0.717) is 18.4 Å². The van der Waals surface area contributed by atoms with Crippen molar-refractivity contribution in [2.75, 3.05) is 0 Å². The Morgan fingerprint density at radius 3 is 2.25 bits per heavy atom. The minimum Gasteiger partial charge on any atom is -0.481 e. The minimum atomic E-state index is -1.06. The SMILES string of the molecule is O=C(O)[C@@H](c1ccccc1)C1(O)CCCC1. The first kappa shape index (κ1) is 11.1. The van der Waals surface area contributed by atoms with E-state index < -0.39 is 17.5 Å². The molecular formula is C13H16O3. The number of hydrogen-bond acceptors (Lipinski definition) is 2. The van der Waals surface area contributed by atoms with Crippen LogP contribution in [0.3, 0.4) is 0 Å². The van der Waals surface area contributed by atoms with Crippen molar-refractivity contribution in [2.45, 2.75) is 37.2 Å². The standard InChI is InChI=1S/C13H16O3/c14-12(15)11(10-6-2-1-3-7-10)13(16)8-4-5-9-13/h1-3,6-7,11,16H,4-5,8-9H2,(H,14,15)/t11-/m1/s1. The average Bonchev–Trinajstić information content (AvgIpc) is 2.67. The predicted octanol–water partition coefficient (Wildman–Crippen LogP) is 2.16. The number of aliphatic carboxylic acids is 1. The zero-order chi connectivity index (χ0) is 11.6. The monoisotopic (exact) mass is 220 g/mol. The summed E-state index contributed by atoms with van der Waals surface area (Å²) in [5.41, 5.74) is -0.368. The lowest BCUT2D eigenvalue weighted by molar-refractivity contribution is -0.145. The number of carboxylic acids is 1. The van der Waals surface area contributed by atoms with Crippen LogP contribution in [-0.2, 0) is 4.79 Å². The molecule has 0 radical (unpaired) electrons. The molecule has 0 aliphatic heterocycles. The van der Waals surface area contributed by atoms with Crippen molar-refractivity contribution in [1.29, 1.82) is 0 Å². The molecule has 0 unspecified atom stereocenters. The van der Waals surface area contributed by atoms with Gasteiger partial charge in [-0.3, -0.25) is 4.79 Å². The van der Waals surface area contributed by atoms with Crippen molar-refractivity contribution in [2.24, 2.45) is 0 Å². The molecule has 3 heteroatoms. The molecule has 2 rings (SSSR count). The Morgan fingerprint density at radius 1 is 1.19 bits per heavy atom. The Bertz CT molecular complexity index is 366. The summed E-state index contributed by atoms with van der Waals surface area (Å²) in [6.07, 6.45) is 2.98. The summed E-state index contributed by atoms with van der Waals surface area (Å²) in [4.78, 5) is 11.3. The first-order chi connectivity index (χ1) is 7.63. The number of hydrogen-bond donors (Lipinski definition) is 2. The first-order valence-corrected chi connectivity index (χ1v) is 5.64. The molecule has 1 aliphatic rings. The lowest BCUT2D eigenvalue weighted by atomic mass is 9.81. The molecule has 1 aromatic carbocycles. The van der Waals surface area contributed by atoms with Gasteiger partial charge in [-0.1, -0.05) is 43.2 Å². The molecule has 2 N–H and O–H groups in total. The van der Waals surface area contributed by atoms with Crippen LogP contribution in [0.2, 0.25) is 0 Å². The van der Waals surface area contributed by atoms with Crippen LogP contribution in [-0.4, -0.2) is 21.8 Å². The van der Waals surface area contributed by atoms with Gasteiger partial charge in [0.2, 0.25) is 0 Å². The van der Waals surface area contributed by atoms with Crippen molar-refractivity contribution in [3.63, 3.8) is 0 Å². The van der Waals surface area contributed by atoms with E-state index in [4.69, 9.17) is 0 Å². The number of carboxylic acid groups (broad SMARTS) is 1. The fraction of sp³-hybridized carbons (Fsp3) is 0.462.